The van der Waals surface area contributed by atoms with Gasteiger partial charge in [0.2, 0.25) is 5.91 Å². The average molecular weight is 476 g/mol. The molecule has 2 aromatic heterocycles. The maximum atomic E-state index is 14.0. The van der Waals surface area contributed by atoms with Crippen molar-refractivity contribution < 1.29 is 18.7 Å². The van der Waals surface area contributed by atoms with Gasteiger partial charge in [-0.1, -0.05) is 30.3 Å². The highest BCUT2D eigenvalue weighted by molar-refractivity contribution is 7.13. The summed E-state index contributed by atoms with van der Waals surface area (Å²) in [6.45, 7) is 3.87. The summed E-state index contributed by atoms with van der Waals surface area (Å²) in [5.74, 6) is 0.650. The van der Waals surface area contributed by atoms with E-state index in [-0.39, 0.29) is 18.4 Å². The minimum Gasteiger partial charge on any atom is -0.497 e. The molecule has 0 fully saturated rings. The van der Waals surface area contributed by atoms with Crippen LogP contribution in [0, 0.1) is 13.8 Å². The first-order chi connectivity index (χ1) is 16.5. The van der Waals surface area contributed by atoms with E-state index in [0.717, 1.165) is 5.01 Å². The Hall–Kier alpha value is -3.91. The van der Waals surface area contributed by atoms with Gasteiger partial charge in [-0.2, -0.15) is 0 Å². The molecule has 0 bridgehead atoms. The number of carbonyl (C=O) groups is 2. The number of hydrogen-bond acceptors (Lipinski definition) is 6. The number of methoxy groups -OCH3 is 1. The fourth-order valence-electron chi connectivity index (χ4n) is 3.70. The molecule has 1 atom stereocenters. The highest BCUT2D eigenvalue weighted by Crippen LogP contribution is 2.33. The zero-order valence-electron chi connectivity index (χ0n) is 19.1. The van der Waals surface area contributed by atoms with E-state index in [1.165, 1.54) is 16.2 Å². The number of anilines is 1. The first-order valence-electron chi connectivity index (χ1n) is 10.7. The van der Waals surface area contributed by atoms with Crippen LogP contribution in [0.25, 0.3) is 0 Å². The average Bonchev–Trinajstić information content (AvgIpc) is 3.50. The lowest BCUT2D eigenvalue weighted by molar-refractivity contribution is -0.122. The summed E-state index contributed by atoms with van der Waals surface area (Å²) in [6.07, 6.45) is 1.55. The van der Waals surface area contributed by atoms with Crippen LogP contribution in [0.4, 0.5) is 5.69 Å². The largest absolute Gasteiger partial charge is 0.497 e. The molecule has 4 rings (SSSR count). The number of nitrogens with zero attached hydrogens (tertiary/aromatic N) is 2. The van der Waals surface area contributed by atoms with Crippen LogP contribution >= 0.6 is 11.3 Å². The number of aryl methyl sites for hydroxylation is 2. The Bertz CT molecular complexity index is 1250. The van der Waals surface area contributed by atoms with Gasteiger partial charge in [-0.3, -0.25) is 14.5 Å². The van der Waals surface area contributed by atoms with Gasteiger partial charge in [0.25, 0.3) is 5.91 Å². The van der Waals surface area contributed by atoms with E-state index < -0.39 is 6.04 Å². The van der Waals surface area contributed by atoms with Crippen molar-refractivity contribution in [3.05, 3.63) is 99.9 Å². The number of furan rings is 1. The summed E-state index contributed by atoms with van der Waals surface area (Å²) in [5, 5.41) is 3.71. The van der Waals surface area contributed by atoms with Gasteiger partial charge >= 0.3 is 0 Å². The smallest absolute Gasteiger partial charge is 0.271 e. The number of amides is 2. The molecule has 7 nitrogen and oxygen atoms in total. The molecular weight excluding hydrogens is 450 g/mol. The Kier molecular flexibility index (Phi) is 7.08. The predicted octanol–water partition coefficient (Wildman–Crippen LogP) is 5.07. The Morgan fingerprint density at radius 3 is 2.38 bits per heavy atom. The zero-order valence-corrected chi connectivity index (χ0v) is 20.0. The molecule has 4 aromatic rings. The molecule has 2 amide bonds. The summed E-state index contributed by atoms with van der Waals surface area (Å²) in [4.78, 5) is 34.0. The standard InChI is InChI=1S/C26H25N3O4S/c1-17-24(34-18(2)28-17)26(31)29(20-11-13-21(32-3)14-12-20)23(19-8-5-4-6-9-19)25(30)27-16-22-10-7-15-33-22/h4-15,23H,16H2,1-3H3,(H,27,30). The Morgan fingerprint density at radius 2 is 1.79 bits per heavy atom. The van der Waals surface area contributed by atoms with Crippen molar-refractivity contribution >= 4 is 28.8 Å². The summed E-state index contributed by atoms with van der Waals surface area (Å²) in [6, 6.07) is 19.0. The van der Waals surface area contributed by atoms with Gasteiger partial charge in [0.1, 0.15) is 22.4 Å². The third-order valence-electron chi connectivity index (χ3n) is 5.31. The van der Waals surface area contributed by atoms with Crippen LogP contribution < -0.4 is 15.0 Å². The Balaban J connectivity index is 1.80. The minimum absolute atomic E-state index is 0.207. The fraction of sp³-hybridized carbons (Fsp3) is 0.192. The monoisotopic (exact) mass is 475 g/mol. The van der Waals surface area contributed by atoms with Crippen LogP contribution in [0.3, 0.4) is 0 Å². The second-order valence-corrected chi connectivity index (χ2v) is 8.83. The van der Waals surface area contributed by atoms with Gasteiger partial charge in [-0.15, -0.1) is 11.3 Å². The van der Waals surface area contributed by atoms with Gasteiger partial charge in [0, 0.05) is 5.69 Å². The molecular formula is C26H25N3O4S. The molecule has 34 heavy (non-hydrogen) atoms. The molecule has 2 heterocycles. The number of nitrogens with one attached hydrogen (secondary N) is 1. The Morgan fingerprint density at radius 1 is 1.06 bits per heavy atom. The van der Waals surface area contributed by atoms with Crippen LogP contribution in [0.1, 0.15) is 37.7 Å². The normalized spacial score (nSPS) is 11.6. The third kappa shape index (κ3) is 5.02. The van der Waals surface area contributed by atoms with Gasteiger partial charge < -0.3 is 14.5 Å². The molecule has 1 unspecified atom stereocenters. The highest BCUT2D eigenvalue weighted by atomic mass is 32.1. The van der Waals surface area contributed by atoms with Crippen molar-refractivity contribution in [1.29, 1.82) is 0 Å². The fourth-order valence-corrected chi connectivity index (χ4v) is 4.56. The molecule has 0 radical (unpaired) electrons. The number of aromatic nitrogens is 1. The number of thiazole rings is 1. The maximum absolute atomic E-state index is 14.0. The minimum atomic E-state index is -0.918. The van der Waals surface area contributed by atoms with Crippen molar-refractivity contribution in [3.63, 3.8) is 0 Å². The lowest BCUT2D eigenvalue weighted by Crippen LogP contribution is -2.43. The maximum Gasteiger partial charge on any atom is 0.271 e. The number of hydrogen-bond donors (Lipinski definition) is 1. The van der Waals surface area contributed by atoms with Crippen LogP contribution in [-0.2, 0) is 11.3 Å². The van der Waals surface area contributed by atoms with Crippen LogP contribution in [0.15, 0.2) is 77.4 Å². The van der Waals surface area contributed by atoms with Crippen molar-refractivity contribution in [2.45, 2.75) is 26.4 Å². The van der Waals surface area contributed by atoms with Gasteiger partial charge in [0.05, 0.1) is 30.6 Å². The lowest BCUT2D eigenvalue weighted by Gasteiger charge is -2.31. The summed E-state index contributed by atoms with van der Waals surface area (Å²) >= 11 is 1.32. The second kappa shape index (κ2) is 10.4. The molecule has 8 heteroatoms. The number of benzene rings is 2. The van der Waals surface area contributed by atoms with Crippen molar-refractivity contribution in [2.24, 2.45) is 0 Å². The van der Waals surface area contributed by atoms with E-state index in [1.807, 2.05) is 37.3 Å². The van der Waals surface area contributed by atoms with E-state index in [2.05, 4.69) is 10.3 Å². The van der Waals surface area contributed by atoms with Crippen molar-refractivity contribution in [2.75, 3.05) is 12.0 Å². The summed E-state index contributed by atoms with van der Waals surface area (Å²) in [5.41, 5.74) is 1.88. The SMILES string of the molecule is COc1ccc(N(C(=O)c2sc(C)nc2C)C(C(=O)NCc2ccco2)c2ccccc2)cc1. The van der Waals surface area contributed by atoms with Crippen LogP contribution in [0.5, 0.6) is 5.75 Å². The Labute approximate surface area is 202 Å². The molecule has 0 spiro atoms. The van der Waals surface area contributed by atoms with E-state index in [4.69, 9.17) is 9.15 Å². The van der Waals surface area contributed by atoms with E-state index in [9.17, 15) is 9.59 Å². The molecule has 0 aliphatic carbocycles. The van der Waals surface area contributed by atoms with E-state index >= 15 is 0 Å². The molecule has 0 aliphatic rings. The first-order valence-corrected chi connectivity index (χ1v) is 11.6. The van der Waals surface area contributed by atoms with Gasteiger partial charge in [0.15, 0.2) is 0 Å². The van der Waals surface area contributed by atoms with Crippen LogP contribution in [-0.4, -0.2) is 23.9 Å². The van der Waals surface area contributed by atoms with Crippen molar-refractivity contribution in [3.8, 4) is 5.75 Å². The van der Waals surface area contributed by atoms with Crippen molar-refractivity contribution in [1.82, 2.24) is 10.3 Å². The molecule has 0 aliphatic heterocycles. The summed E-state index contributed by atoms with van der Waals surface area (Å²) < 4.78 is 10.6. The first kappa shape index (κ1) is 23.3. The van der Waals surface area contributed by atoms with E-state index in [1.54, 1.807) is 56.7 Å². The predicted molar refractivity (Wildman–Crippen MR) is 131 cm³/mol. The molecule has 1 N–H and O–H groups in total. The molecule has 2 aromatic carbocycles. The molecule has 0 saturated carbocycles. The number of carbonyl (C=O) groups excluding carboxylic acids is 2. The van der Waals surface area contributed by atoms with E-state index in [0.29, 0.717) is 33.3 Å². The van der Waals surface area contributed by atoms with Gasteiger partial charge in [-0.25, -0.2) is 4.98 Å². The second-order valence-electron chi connectivity index (χ2n) is 7.63. The molecule has 0 saturated heterocycles. The zero-order chi connectivity index (χ0) is 24.1. The topological polar surface area (TPSA) is 84.7 Å². The van der Waals surface area contributed by atoms with Crippen LogP contribution in [0.2, 0.25) is 0 Å². The number of ether oxygens (including phenoxy) is 1. The number of rotatable bonds is 8. The summed E-state index contributed by atoms with van der Waals surface area (Å²) in [7, 11) is 1.58. The highest BCUT2D eigenvalue weighted by Gasteiger charge is 2.35. The quantitative estimate of drug-likeness (QED) is 0.385. The van der Waals surface area contributed by atoms with Gasteiger partial charge in [-0.05, 0) is 55.8 Å². The lowest BCUT2D eigenvalue weighted by atomic mass is 10.0. The molecule has 174 valence electrons. The third-order valence-corrected chi connectivity index (χ3v) is 6.37.